The van der Waals surface area contributed by atoms with E-state index in [4.69, 9.17) is 28.9 Å². The molecule has 1 aromatic heterocycles. The predicted octanol–water partition coefficient (Wildman–Crippen LogP) is 4.87. The number of rotatable bonds is 2. The molecule has 100 valence electrons. The number of nitrogen functional groups attached to an aromatic ring is 1. The van der Waals surface area contributed by atoms with Gasteiger partial charge in [0.1, 0.15) is 5.82 Å². The Kier molecular flexibility index (Phi) is 3.38. The molecule has 0 saturated carbocycles. The molecule has 0 fully saturated rings. The molecule has 1 heterocycles. The monoisotopic (exact) mass is 303 g/mol. The Morgan fingerprint density at radius 2 is 1.65 bits per heavy atom. The van der Waals surface area contributed by atoms with Gasteiger partial charge in [-0.25, -0.2) is 4.98 Å². The second-order valence-corrected chi connectivity index (χ2v) is 5.19. The molecule has 20 heavy (non-hydrogen) atoms. The lowest BCUT2D eigenvalue weighted by Crippen LogP contribution is -1.99. The molecule has 0 spiro atoms. The van der Waals surface area contributed by atoms with Crippen LogP contribution >= 0.6 is 23.2 Å². The average Bonchev–Trinajstić information content (AvgIpc) is 2.44. The second kappa shape index (κ2) is 5.19. The number of halogens is 2. The Balaban J connectivity index is 1.99. The summed E-state index contributed by atoms with van der Waals surface area (Å²) in [6, 6.07) is 15.7. The first-order chi connectivity index (χ1) is 9.63. The predicted molar refractivity (Wildman–Crippen MR) is 85.9 cm³/mol. The topological polar surface area (TPSA) is 50.9 Å². The highest BCUT2D eigenvalue weighted by molar-refractivity contribution is 6.37. The zero-order valence-electron chi connectivity index (χ0n) is 10.4. The number of pyridine rings is 1. The minimum absolute atomic E-state index is 0.249. The number of fused-ring (bicyclic) bond motifs is 1. The van der Waals surface area contributed by atoms with E-state index >= 15 is 0 Å². The number of hydrogen-bond acceptors (Lipinski definition) is 3. The van der Waals surface area contributed by atoms with Gasteiger partial charge in [0.05, 0.1) is 10.0 Å². The smallest absolute Gasteiger partial charge is 0.151 e. The second-order valence-electron chi connectivity index (χ2n) is 4.37. The summed E-state index contributed by atoms with van der Waals surface area (Å²) >= 11 is 12.0. The van der Waals surface area contributed by atoms with Crippen LogP contribution in [0.4, 0.5) is 17.3 Å². The molecule has 0 atom stereocenters. The minimum atomic E-state index is 0.249. The molecule has 0 unspecified atom stereocenters. The quantitative estimate of drug-likeness (QED) is 0.710. The third-order valence-corrected chi connectivity index (χ3v) is 3.56. The molecule has 0 aliphatic carbocycles. The van der Waals surface area contributed by atoms with Gasteiger partial charge >= 0.3 is 0 Å². The highest BCUT2D eigenvalue weighted by Gasteiger charge is 2.07. The number of nitrogens with two attached hydrogens (primary N) is 1. The summed E-state index contributed by atoms with van der Waals surface area (Å²) in [6.45, 7) is 0. The molecule has 0 saturated heterocycles. The number of hydrogen-bond donors (Lipinski definition) is 2. The molecule has 0 radical (unpaired) electrons. The van der Waals surface area contributed by atoms with Crippen molar-refractivity contribution in [1.82, 2.24) is 4.98 Å². The van der Waals surface area contributed by atoms with Gasteiger partial charge in [-0.3, -0.25) is 0 Å². The summed E-state index contributed by atoms with van der Waals surface area (Å²) < 4.78 is 0. The molecule has 2 aromatic carbocycles. The van der Waals surface area contributed by atoms with Gasteiger partial charge in [0.2, 0.25) is 0 Å². The number of aromatic nitrogens is 1. The molecule has 3 nitrogen and oxygen atoms in total. The molecule has 3 aromatic rings. The van der Waals surface area contributed by atoms with Gasteiger partial charge < -0.3 is 11.1 Å². The van der Waals surface area contributed by atoms with Gasteiger partial charge in [-0.2, -0.15) is 0 Å². The number of nitrogens with one attached hydrogen (secondary N) is 1. The number of nitrogens with zero attached hydrogens (tertiary/aromatic N) is 1. The van der Waals surface area contributed by atoms with Crippen LogP contribution in [0, 0.1) is 0 Å². The Morgan fingerprint density at radius 3 is 2.45 bits per heavy atom. The molecule has 0 amide bonds. The first-order valence-corrected chi connectivity index (χ1v) is 6.76. The van der Waals surface area contributed by atoms with Gasteiger partial charge in [-0.15, -0.1) is 0 Å². The van der Waals surface area contributed by atoms with E-state index in [1.165, 1.54) is 5.39 Å². The maximum absolute atomic E-state index is 6.10. The summed E-state index contributed by atoms with van der Waals surface area (Å²) in [5.74, 6) is 0.739. The Morgan fingerprint density at radius 1 is 0.900 bits per heavy atom. The van der Waals surface area contributed by atoms with Crippen molar-refractivity contribution >= 4 is 51.3 Å². The van der Waals surface area contributed by atoms with Crippen LogP contribution in [0.2, 0.25) is 10.0 Å². The van der Waals surface area contributed by atoms with Crippen LogP contribution in [0.3, 0.4) is 0 Å². The zero-order chi connectivity index (χ0) is 14.1. The van der Waals surface area contributed by atoms with Crippen LogP contribution in [0.15, 0.2) is 48.5 Å². The summed E-state index contributed by atoms with van der Waals surface area (Å²) in [6.07, 6.45) is 0. The lowest BCUT2D eigenvalue weighted by atomic mass is 10.1. The molecule has 0 aliphatic heterocycles. The summed E-state index contributed by atoms with van der Waals surface area (Å²) in [5.41, 5.74) is 6.58. The van der Waals surface area contributed by atoms with Gasteiger partial charge in [0, 0.05) is 5.69 Å². The van der Waals surface area contributed by atoms with Crippen molar-refractivity contribution in [3.8, 4) is 0 Å². The van der Waals surface area contributed by atoms with Crippen LogP contribution in [0.1, 0.15) is 0 Å². The van der Waals surface area contributed by atoms with E-state index in [1.807, 2.05) is 36.4 Å². The Hall–Kier alpha value is -1.97. The maximum Gasteiger partial charge on any atom is 0.151 e. The van der Waals surface area contributed by atoms with Crippen molar-refractivity contribution in [2.24, 2.45) is 0 Å². The van der Waals surface area contributed by atoms with Crippen molar-refractivity contribution in [2.75, 3.05) is 11.1 Å². The van der Waals surface area contributed by atoms with Crippen molar-refractivity contribution < 1.29 is 0 Å². The van der Waals surface area contributed by atoms with Crippen molar-refractivity contribution in [3.05, 3.63) is 58.6 Å². The third kappa shape index (κ3) is 2.50. The van der Waals surface area contributed by atoms with Gasteiger partial charge in [0.15, 0.2) is 5.82 Å². The third-order valence-electron chi connectivity index (χ3n) is 2.97. The van der Waals surface area contributed by atoms with E-state index in [0.717, 1.165) is 11.1 Å². The van der Waals surface area contributed by atoms with Crippen LogP contribution in [0.5, 0.6) is 0 Å². The van der Waals surface area contributed by atoms with E-state index in [9.17, 15) is 0 Å². The van der Waals surface area contributed by atoms with Crippen LogP contribution in [-0.2, 0) is 0 Å². The van der Waals surface area contributed by atoms with Crippen LogP contribution in [-0.4, -0.2) is 4.98 Å². The summed E-state index contributed by atoms with van der Waals surface area (Å²) in [7, 11) is 0. The summed E-state index contributed by atoms with van der Waals surface area (Å²) in [4.78, 5) is 4.15. The van der Waals surface area contributed by atoms with Crippen LogP contribution in [0.25, 0.3) is 10.8 Å². The van der Waals surface area contributed by atoms with E-state index in [0.29, 0.717) is 15.9 Å². The molecule has 3 rings (SSSR count). The average molecular weight is 304 g/mol. The van der Waals surface area contributed by atoms with Gasteiger partial charge in [-0.05, 0) is 29.0 Å². The lowest BCUT2D eigenvalue weighted by Gasteiger charge is -2.10. The normalized spacial score (nSPS) is 10.7. The molecule has 3 N–H and O–H groups in total. The largest absolute Gasteiger partial charge is 0.382 e. The van der Waals surface area contributed by atoms with Crippen molar-refractivity contribution in [2.45, 2.75) is 0 Å². The fraction of sp³-hybridized carbons (Fsp3) is 0. The van der Waals surface area contributed by atoms with Crippen molar-refractivity contribution in [1.29, 1.82) is 0 Å². The van der Waals surface area contributed by atoms with Gasteiger partial charge in [0.25, 0.3) is 0 Å². The van der Waals surface area contributed by atoms with E-state index in [2.05, 4.69) is 16.4 Å². The fourth-order valence-electron chi connectivity index (χ4n) is 1.97. The highest BCUT2D eigenvalue weighted by atomic mass is 35.5. The first-order valence-electron chi connectivity index (χ1n) is 6.01. The Bertz CT molecular complexity index is 787. The SMILES string of the molecule is Nc1nc(Nc2ccc3ccccc3c2)c(Cl)cc1Cl. The zero-order valence-corrected chi connectivity index (χ0v) is 11.9. The van der Waals surface area contributed by atoms with Crippen LogP contribution < -0.4 is 11.1 Å². The molecule has 0 bridgehead atoms. The maximum atomic E-state index is 6.10. The number of anilines is 3. The summed E-state index contributed by atoms with van der Waals surface area (Å²) in [5, 5.41) is 6.23. The highest BCUT2D eigenvalue weighted by Crippen LogP contribution is 2.30. The van der Waals surface area contributed by atoms with E-state index in [1.54, 1.807) is 6.07 Å². The van der Waals surface area contributed by atoms with Gasteiger partial charge in [-0.1, -0.05) is 53.5 Å². The van der Waals surface area contributed by atoms with Crippen molar-refractivity contribution in [3.63, 3.8) is 0 Å². The molecular formula is C15H11Cl2N3. The lowest BCUT2D eigenvalue weighted by molar-refractivity contribution is 1.32. The standard InChI is InChI=1S/C15H11Cl2N3/c16-12-8-13(17)15(20-14(12)18)19-11-6-5-9-3-1-2-4-10(9)7-11/h1-8H,(H3,18,19,20). The molecular weight excluding hydrogens is 293 g/mol. The molecule has 0 aliphatic rings. The van der Waals surface area contributed by atoms with E-state index in [-0.39, 0.29) is 5.82 Å². The first kappa shape index (κ1) is 13.0. The Labute approximate surface area is 126 Å². The fourth-order valence-corrected chi connectivity index (χ4v) is 2.38. The minimum Gasteiger partial charge on any atom is -0.382 e. The number of benzene rings is 2. The van der Waals surface area contributed by atoms with E-state index < -0.39 is 0 Å². The molecule has 5 heteroatoms.